The van der Waals surface area contributed by atoms with Gasteiger partial charge in [-0.25, -0.2) is 4.98 Å². The van der Waals surface area contributed by atoms with Crippen LogP contribution in [-0.4, -0.2) is 4.98 Å². The number of rotatable bonds is 9. The Morgan fingerprint density at radius 2 is 0.754 bits per heavy atom. The van der Waals surface area contributed by atoms with Gasteiger partial charge in [0.1, 0.15) is 16.7 Å². The topological polar surface area (TPSA) is 42.4 Å². The molecule has 0 aliphatic carbocycles. The average Bonchev–Trinajstić information content (AvgIpc) is 3.98. The number of anilines is 3. The molecule has 0 aliphatic rings. The van der Waals surface area contributed by atoms with Gasteiger partial charge in [0.25, 0.3) is 0 Å². The Morgan fingerprint density at radius 3 is 1.32 bits per heavy atom. The minimum atomic E-state index is 0.594. The van der Waals surface area contributed by atoms with Crippen molar-refractivity contribution in [2.75, 3.05) is 4.90 Å². The molecule has 0 radical (unpaired) electrons. The molecule has 0 bridgehead atoms. The molecule has 0 atom stereocenters. The van der Waals surface area contributed by atoms with E-state index in [2.05, 4.69) is 205 Å². The third-order valence-electron chi connectivity index (χ3n) is 12.3. The minimum Gasteiger partial charge on any atom is -0.456 e. The maximum Gasteiger partial charge on any atom is 0.227 e. The van der Waals surface area contributed by atoms with Crippen molar-refractivity contribution in [3.05, 3.63) is 243 Å². The van der Waals surface area contributed by atoms with Gasteiger partial charge < -0.3 is 13.7 Å². The van der Waals surface area contributed by atoms with Crippen LogP contribution in [0.25, 0.3) is 100 Å². The molecule has 2 heterocycles. The lowest BCUT2D eigenvalue weighted by Gasteiger charge is -2.26. The highest BCUT2D eigenvalue weighted by atomic mass is 16.4. The highest BCUT2D eigenvalue weighted by Gasteiger charge is 2.19. The quantitative estimate of drug-likeness (QED) is 0.145. The number of aromatic nitrogens is 1. The van der Waals surface area contributed by atoms with Crippen molar-refractivity contribution in [1.29, 1.82) is 0 Å². The van der Waals surface area contributed by atoms with Gasteiger partial charge in [0.15, 0.2) is 5.58 Å². The van der Waals surface area contributed by atoms with Crippen LogP contribution in [0.3, 0.4) is 0 Å². The molecule has 306 valence electrons. The summed E-state index contributed by atoms with van der Waals surface area (Å²) in [6.07, 6.45) is 0. The third kappa shape index (κ3) is 7.23. The predicted octanol–water partition coefficient (Wildman–Crippen LogP) is 17.2. The molecule has 10 aromatic carbocycles. The molecule has 0 N–H and O–H groups in total. The summed E-state index contributed by atoms with van der Waals surface area (Å²) in [5.41, 5.74) is 18.9. The first-order valence-corrected chi connectivity index (χ1v) is 21.9. The number of hydrogen-bond acceptors (Lipinski definition) is 4. The Kier molecular flexibility index (Phi) is 9.46. The molecule has 0 aliphatic heterocycles. The zero-order chi connectivity index (χ0) is 43.1. The fraction of sp³-hybridized carbons (Fsp3) is 0. The van der Waals surface area contributed by atoms with Crippen LogP contribution in [0.1, 0.15) is 0 Å². The fourth-order valence-electron chi connectivity index (χ4n) is 9.03. The van der Waals surface area contributed by atoms with Gasteiger partial charge in [-0.2, -0.15) is 0 Å². The lowest BCUT2D eigenvalue weighted by atomic mass is 9.98. The summed E-state index contributed by atoms with van der Waals surface area (Å²) < 4.78 is 12.7. The lowest BCUT2D eigenvalue weighted by molar-refractivity contribution is 0.617. The Balaban J connectivity index is 0.915. The Hall–Kier alpha value is -8.73. The Morgan fingerprint density at radius 1 is 0.292 bits per heavy atom. The molecular formula is C61H40N2O2. The van der Waals surface area contributed by atoms with Gasteiger partial charge >= 0.3 is 0 Å². The van der Waals surface area contributed by atoms with Gasteiger partial charge in [0, 0.05) is 39.5 Å². The maximum absolute atomic E-state index is 6.46. The first kappa shape index (κ1) is 38.0. The summed E-state index contributed by atoms with van der Waals surface area (Å²) in [7, 11) is 0. The van der Waals surface area contributed by atoms with E-state index in [9.17, 15) is 0 Å². The van der Waals surface area contributed by atoms with Crippen LogP contribution >= 0.6 is 0 Å². The largest absolute Gasteiger partial charge is 0.456 e. The van der Waals surface area contributed by atoms with Crippen LogP contribution < -0.4 is 4.90 Å². The zero-order valence-electron chi connectivity index (χ0n) is 35.3. The number of nitrogens with zero attached hydrogens (tertiary/aromatic N) is 2. The average molecular weight is 833 g/mol. The summed E-state index contributed by atoms with van der Waals surface area (Å²) in [6.45, 7) is 0. The lowest BCUT2D eigenvalue weighted by Crippen LogP contribution is -2.10. The van der Waals surface area contributed by atoms with E-state index in [4.69, 9.17) is 13.8 Å². The minimum absolute atomic E-state index is 0.594. The van der Waals surface area contributed by atoms with Crippen LogP contribution in [0.5, 0.6) is 0 Å². The van der Waals surface area contributed by atoms with Crippen LogP contribution in [0.15, 0.2) is 251 Å². The second-order valence-corrected chi connectivity index (χ2v) is 16.3. The van der Waals surface area contributed by atoms with E-state index < -0.39 is 0 Å². The van der Waals surface area contributed by atoms with E-state index in [1.54, 1.807) is 0 Å². The maximum atomic E-state index is 6.46. The zero-order valence-corrected chi connectivity index (χ0v) is 35.3. The van der Waals surface area contributed by atoms with Gasteiger partial charge in [-0.05, 0) is 116 Å². The first-order chi connectivity index (χ1) is 32.2. The standard InChI is InChI=1S/C61H40N2O2/c1-4-12-41(13-5-1)43-22-24-45(25-23-43)46-30-34-51(35-31-46)63(53-19-10-18-50(38-53)47-28-26-44(27-29-47)42-14-6-2-7-15-42)52-36-32-48(33-37-52)54-20-11-21-57-60(54)55-39-56-59(40-58(55)64-57)65-61(62-56)49-16-8-3-9-17-49/h1-40H. The predicted molar refractivity (Wildman–Crippen MR) is 269 cm³/mol. The molecule has 0 amide bonds. The molecule has 0 saturated heterocycles. The van der Waals surface area contributed by atoms with Crippen LogP contribution in [0.2, 0.25) is 0 Å². The van der Waals surface area contributed by atoms with E-state index in [1.165, 1.54) is 27.8 Å². The fourth-order valence-corrected chi connectivity index (χ4v) is 9.03. The summed E-state index contributed by atoms with van der Waals surface area (Å²) in [4.78, 5) is 7.22. The number of benzene rings is 10. The van der Waals surface area contributed by atoms with E-state index in [-0.39, 0.29) is 0 Å². The normalized spacial score (nSPS) is 11.4. The van der Waals surface area contributed by atoms with Crippen LogP contribution in [0.4, 0.5) is 17.1 Å². The van der Waals surface area contributed by atoms with Crippen LogP contribution in [-0.2, 0) is 0 Å². The van der Waals surface area contributed by atoms with Gasteiger partial charge in [0.05, 0.1) is 0 Å². The van der Waals surface area contributed by atoms with Gasteiger partial charge in [-0.1, -0.05) is 176 Å². The SMILES string of the molecule is c1ccc(-c2ccc(-c3ccc(N(c4ccc(-c5cccc6oc7cc8oc(-c9ccccc9)nc8cc7c56)cc4)c4cccc(-c5ccc(-c6ccccc6)cc5)c4)cc3)cc2)cc1. The first-order valence-electron chi connectivity index (χ1n) is 21.9. The second kappa shape index (κ2) is 16.2. The van der Waals surface area contributed by atoms with Crippen molar-refractivity contribution in [2.45, 2.75) is 0 Å². The van der Waals surface area contributed by atoms with E-state index >= 15 is 0 Å². The molecule has 4 heteroatoms. The third-order valence-corrected chi connectivity index (χ3v) is 12.3. The second-order valence-electron chi connectivity index (χ2n) is 16.3. The van der Waals surface area contributed by atoms with Crippen LogP contribution in [0, 0.1) is 0 Å². The highest BCUT2D eigenvalue weighted by molar-refractivity contribution is 6.15. The smallest absolute Gasteiger partial charge is 0.227 e. The van der Waals surface area contributed by atoms with Gasteiger partial charge in [0.2, 0.25) is 5.89 Å². The van der Waals surface area contributed by atoms with Gasteiger partial charge in [-0.15, -0.1) is 0 Å². The molecule has 0 spiro atoms. The van der Waals surface area contributed by atoms with Crippen molar-refractivity contribution in [3.63, 3.8) is 0 Å². The van der Waals surface area contributed by atoms with Crippen molar-refractivity contribution >= 4 is 50.1 Å². The highest BCUT2D eigenvalue weighted by Crippen LogP contribution is 2.42. The molecule has 12 rings (SSSR count). The van der Waals surface area contributed by atoms with Crippen molar-refractivity contribution < 1.29 is 8.83 Å². The van der Waals surface area contributed by atoms with Gasteiger partial charge in [-0.3, -0.25) is 0 Å². The molecule has 0 unspecified atom stereocenters. The molecule has 0 saturated carbocycles. The number of hydrogen-bond donors (Lipinski definition) is 0. The molecule has 2 aromatic heterocycles. The van der Waals surface area contributed by atoms with E-state index in [0.29, 0.717) is 11.5 Å². The number of oxazole rings is 1. The molecular weight excluding hydrogens is 793 g/mol. The Bertz CT molecular complexity index is 3600. The summed E-state index contributed by atoms with van der Waals surface area (Å²) in [5.74, 6) is 0.594. The molecule has 0 fully saturated rings. The molecule has 65 heavy (non-hydrogen) atoms. The Labute approximate surface area is 377 Å². The summed E-state index contributed by atoms with van der Waals surface area (Å²) in [5, 5.41) is 2.06. The molecule has 4 nitrogen and oxygen atoms in total. The summed E-state index contributed by atoms with van der Waals surface area (Å²) >= 11 is 0. The monoisotopic (exact) mass is 832 g/mol. The van der Waals surface area contributed by atoms with E-state index in [1.807, 2.05) is 42.5 Å². The summed E-state index contributed by atoms with van der Waals surface area (Å²) in [6, 6.07) is 85.6. The van der Waals surface area contributed by atoms with Crippen molar-refractivity contribution in [2.24, 2.45) is 0 Å². The van der Waals surface area contributed by atoms with Crippen molar-refractivity contribution in [1.82, 2.24) is 4.98 Å². The number of fused-ring (bicyclic) bond motifs is 4. The van der Waals surface area contributed by atoms with E-state index in [0.717, 1.165) is 77.9 Å². The van der Waals surface area contributed by atoms with Crippen molar-refractivity contribution in [3.8, 4) is 67.1 Å². The molecule has 12 aromatic rings. The number of furan rings is 1.